The van der Waals surface area contributed by atoms with Crippen LogP contribution in [0.3, 0.4) is 0 Å². The summed E-state index contributed by atoms with van der Waals surface area (Å²) in [5.41, 5.74) is 7.54. The Morgan fingerprint density at radius 3 is 2.74 bits per heavy atom. The van der Waals surface area contributed by atoms with Gasteiger partial charge in [0.1, 0.15) is 0 Å². The van der Waals surface area contributed by atoms with Gasteiger partial charge in [0.15, 0.2) is 0 Å². The lowest BCUT2D eigenvalue weighted by atomic mass is 10.0. The molecule has 1 aromatic carbocycles. The molecule has 35 heavy (non-hydrogen) atoms. The standard InChI is InChI=1S/C25H21N7O2S/c1-31-19-8-14(2-3-15(19)13-28-31)22-18-10-21-17(23(18)30-29-22)9-20(35-21)16-11-26-24(27-12-16)25(33)32-4-6-34-7-5-32/h2-3,8-9,11-13H,4-7,10H2,1H3,(H,29,30). The van der Waals surface area contributed by atoms with Gasteiger partial charge in [0.2, 0.25) is 5.82 Å². The molecule has 5 heterocycles. The predicted molar refractivity (Wildman–Crippen MR) is 132 cm³/mol. The van der Waals surface area contributed by atoms with E-state index in [1.165, 1.54) is 16.0 Å². The third kappa shape index (κ3) is 3.28. The fourth-order valence-corrected chi connectivity index (χ4v) is 5.99. The van der Waals surface area contributed by atoms with Crippen LogP contribution in [0.5, 0.6) is 0 Å². The molecule has 0 radical (unpaired) electrons. The first-order chi connectivity index (χ1) is 17.2. The molecule has 9 nitrogen and oxygen atoms in total. The maximum Gasteiger partial charge on any atom is 0.291 e. The van der Waals surface area contributed by atoms with Gasteiger partial charge >= 0.3 is 0 Å². The van der Waals surface area contributed by atoms with E-state index >= 15 is 0 Å². The van der Waals surface area contributed by atoms with Gasteiger partial charge in [-0.1, -0.05) is 12.1 Å². The fraction of sp³-hybridized carbons (Fsp3) is 0.240. The van der Waals surface area contributed by atoms with Gasteiger partial charge in [-0.3, -0.25) is 14.6 Å². The van der Waals surface area contributed by atoms with Crippen molar-refractivity contribution in [2.45, 2.75) is 6.42 Å². The van der Waals surface area contributed by atoms with Gasteiger partial charge in [0.25, 0.3) is 5.91 Å². The number of nitrogens with one attached hydrogen (secondary N) is 1. The van der Waals surface area contributed by atoms with Crippen LogP contribution in [0.1, 0.15) is 21.1 Å². The summed E-state index contributed by atoms with van der Waals surface area (Å²) in [6, 6.07) is 8.51. The summed E-state index contributed by atoms with van der Waals surface area (Å²) in [6.45, 7) is 2.26. The van der Waals surface area contributed by atoms with E-state index in [4.69, 9.17) is 4.74 Å². The number of carbonyl (C=O) groups excluding carboxylic acids is 1. The first-order valence-electron chi connectivity index (χ1n) is 11.5. The van der Waals surface area contributed by atoms with E-state index < -0.39 is 0 Å². The van der Waals surface area contributed by atoms with Crippen LogP contribution >= 0.6 is 11.3 Å². The molecule has 1 fully saturated rings. The molecule has 5 aromatic rings. The number of hydrogen-bond acceptors (Lipinski definition) is 7. The highest BCUT2D eigenvalue weighted by Gasteiger charge is 2.28. The molecule has 1 aliphatic carbocycles. The monoisotopic (exact) mass is 483 g/mol. The van der Waals surface area contributed by atoms with Gasteiger partial charge < -0.3 is 9.64 Å². The molecule has 0 saturated carbocycles. The number of aromatic nitrogens is 6. The summed E-state index contributed by atoms with van der Waals surface area (Å²) in [6.07, 6.45) is 6.19. The van der Waals surface area contributed by atoms with Crippen LogP contribution in [0, 0.1) is 0 Å². The molecule has 10 heteroatoms. The molecule has 1 saturated heterocycles. The van der Waals surface area contributed by atoms with E-state index in [1.807, 2.05) is 17.9 Å². The molecule has 0 atom stereocenters. The highest BCUT2D eigenvalue weighted by molar-refractivity contribution is 7.16. The second kappa shape index (κ2) is 7.82. The van der Waals surface area contributed by atoms with Crippen LogP contribution in [-0.4, -0.2) is 67.1 Å². The lowest BCUT2D eigenvalue weighted by molar-refractivity contribution is 0.0295. The number of amides is 1. The molecule has 0 bridgehead atoms. The minimum absolute atomic E-state index is 0.146. The Balaban J connectivity index is 1.16. The molecular formula is C25H21N7O2S. The predicted octanol–water partition coefficient (Wildman–Crippen LogP) is 3.53. The Morgan fingerprint density at radius 2 is 1.91 bits per heavy atom. The van der Waals surface area contributed by atoms with Crippen molar-refractivity contribution < 1.29 is 9.53 Å². The average Bonchev–Trinajstić information content (AvgIpc) is 3.66. The number of fused-ring (bicyclic) bond motifs is 4. The van der Waals surface area contributed by atoms with E-state index in [9.17, 15) is 4.79 Å². The number of rotatable bonds is 3. The highest BCUT2D eigenvalue weighted by Crippen LogP contribution is 2.46. The van der Waals surface area contributed by atoms with Gasteiger partial charge in [0.05, 0.1) is 36.3 Å². The molecule has 0 spiro atoms. The summed E-state index contributed by atoms with van der Waals surface area (Å²) in [7, 11) is 1.95. The van der Waals surface area contributed by atoms with Crippen molar-refractivity contribution in [3.8, 4) is 33.0 Å². The van der Waals surface area contributed by atoms with Crippen LogP contribution < -0.4 is 0 Å². The largest absolute Gasteiger partial charge is 0.378 e. The molecule has 1 N–H and O–H groups in total. The molecule has 0 unspecified atom stereocenters. The zero-order valence-corrected chi connectivity index (χ0v) is 19.8. The average molecular weight is 484 g/mol. The number of thiophene rings is 1. The van der Waals surface area contributed by atoms with Gasteiger partial charge in [-0.05, 0) is 12.1 Å². The summed E-state index contributed by atoms with van der Waals surface area (Å²) in [5, 5.41) is 13.4. The number of H-pyrrole nitrogens is 1. The van der Waals surface area contributed by atoms with Gasteiger partial charge in [-0.25, -0.2) is 9.97 Å². The SMILES string of the molecule is Cn1ncc2ccc(-c3n[nH]c4c3Cc3sc(-c5cnc(C(=O)N6CCOCC6)nc5)cc3-4)cc21. The first kappa shape index (κ1) is 20.5. The Labute approximate surface area is 204 Å². The summed E-state index contributed by atoms with van der Waals surface area (Å²) in [4.78, 5) is 25.5. The lowest BCUT2D eigenvalue weighted by Gasteiger charge is -2.25. The molecule has 1 amide bonds. The highest BCUT2D eigenvalue weighted by atomic mass is 32.1. The van der Waals surface area contributed by atoms with Gasteiger partial charge in [0, 0.05) is 76.3 Å². The van der Waals surface area contributed by atoms with Crippen molar-refractivity contribution in [2.24, 2.45) is 7.05 Å². The first-order valence-corrected chi connectivity index (χ1v) is 12.3. The third-order valence-electron chi connectivity index (χ3n) is 6.73. The maximum absolute atomic E-state index is 12.6. The number of aromatic amines is 1. The van der Waals surface area contributed by atoms with E-state index in [-0.39, 0.29) is 11.7 Å². The van der Waals surface area contributed by atoms with E-state index in [0.717, 1.165) is 44.7 Å². The maximum atomic E-state index is 12.6. The number of carbonyl (C=O) groups is 1. The van der Waals surface area contributed by atoms with Gasteiger partial charge in [-0.15, -0.1) is 11.3 Å². The van der Waals surface area contributed by atoms with E-state index in [0.29, 0.717) is 26.3 Å². The van der Waals surface area contributed by atoms with Crippen LogP contribution in [-0.2, 0) is 18.2 Å². The lowest BCUT2D eigenvalue weighted by Crippen LogP contribution is -2.41. The Bertz CT molecular complexity index is 1590. The smallest absolute Gasteiger partial charge is 0.291 e. The summed E-state index contributed by atoms with van der Waals surface area (Å²) < 4.78 is 7.20. The second-order valence-electron chi connectivity index (χ2n) is 8.79. The number of benzene rings is 1. The number of morpholine rings is 1. The summed E-state index contributed by atoms with van der Waals surface area (Å²) >= 11 is 1.74. The van der Waals surface area contributed by atoms with Crippen molar-refractivity contribution >= 4 is 28.1 Å². The number of nitrogens with zero attached hydrogens (tertiary/aromatic N) is 6. The van der Waals surface area contributed by atoms with Gasteiger partial charge in [-0.2, -0.15) is 10.2 Å². The topological polar surface area (TPSA) is 102 Å². The number of ether oxygens (including phenoxy) is 1. The molecular weight excluding hydrogens is 462 g/mol. The Morgan fingerprint density at radius 1 is 1.09 bits per heavy atom. The van der Waals surface area contributed by atoms with Crippen molar-refractivity contribution in [1.29, 1.82) is 0 Å². The Kier molecular flexibility index (Phi) is 4.58. The third-order valence-corrected chi connectivity index (χ3v) is 7.92. The minimum Gasteiger partial charge on any atom is -0.378 e. The van der Waals surface area contributed by atoms with Crippen molar-refractivity contribution in [1.82, 2.24) is 34.8 Å². The zero-order valence-electron chi connectivity index (χ0n) is 19.0. The van der Waals surface area contributed by atoms with Crippen molar-refractivity contribution in [3.63, 3.8) is 0 Å². The van der Waals surface area contributed by atoms with Crippen LogP contribution in [0.2, 0.25) is 0 Å². The molecule has 7 rings (SSSR count). The zero-order chi connectivity index (χ0) is 23.5. The quantitative estimate of drug-likeness (QED) is 0.413. The van der Waals surface area contributed by atoms with Crippen LogP contribution in [0.15, 0.2) is 42.9 Å². The second-order valence-corrected chi connectivity index (χ2v) is 9.93. The van der Waals surface area contributed by atoms with E-state index in [1.54, 1.807) is 28.6 Å². The van der Waals surface area contributed by atoms with E-state index in [2.05, 4.69) is 49.5 Å². The number of hydrogen-bond donors (Lipinski definition) is 1. The van der Waals surface area contributed by atoms with Crippen LogP contribution in [0.25, 0.3) is 43.9 Å². The minimum atomic E-state index is -0.146. The molecule has 2 aliphatic rings. The Hall–Kier alpha value is -3.89. The normalized spacial score (nSPS) is 14.9. The fourth-order valence-electron chi connectivity index (χ4n) is 4.84. The van der Waals surface area contributed by atoms with Crippen LogP contribution in [0.4, 0.5) is 0 Å². The molecule has 174 valence electrons. The van der Waals surface area contributed by atoms with Crippen molar-refractivity contribution in [3.05, 3.63) is 59.1 Å². The molecule has 4 aromatic heterocycles. The molecule has 1 aliphatic heterocycles. The summed E-state index contributed by atoms with van der Waals surface area (Å²) in [5.74, 6) is 0.0816. The van der Waals surface area contributed by atoms with Crippen molar-refractivity contribution in [2.75, 3.05) is 26.3 Å². The number of aryl methyl sites for hydroxylation is 1.